The van der Waals surface area contributed by atoms with Crippen LogP contribution in [0.3, 0.4) is 0 Å². The molecule has 0 radical (unpaired) electrons. The van der Waals surface area contributed by atoms with E-state index in [1.165, 1.54) is 18.7 Å². The van der Waals surface area contributed by atoms with Gasteiger partial charge in [-0.15, -0.1) is 0 Å². The minimum atomic E-state index is -1.55. The number of aromatic carboxylic acids is 1. The molecular formula is C11H8N3O4-. The normalized spacial score (nSPS) is 10.0. The molecule has 7 heteroatoms. The molecule has 2 rings (SSSR count). The van der Waals surface area contributed by atoms with Gasteiger partial charge in [-0.1, -0.05) is 0 Å². The Morgan fingerprint density at radius 2 is 2.00 bits per heavy atom. The van der Waals surface area contributed by atoms with Crippen molar-refractivity contribution in [1.29, 1.82) is 0 Å². The lowest BCUT2D eigenvalue weighted by Gasteiger charge is -2.07. The van der Waals surface area contributed by atoms with Crippen LogP contribution in [0, 0.1) is 0 Å². The van der Waals surface area contributed by atoms with Gasteiger partial charge >= 0.3 is 0 Å². The highest BCUT2D eigenvalue weighted by atomic mass is 16.4. The molecule has 2 heterocycles. The number of hydrogen-bond acceptors (Lipinski definition) is 6. The van der Waals surface area contributed by atoms with E-state index in [0.29, 0.717) is 5.76 Å². The Kier molecular flexibility index (Phi) is 3.33. The Morgan fingerprint density at radius 1 is 1.28 bits per heavy atom. The number of carbonyl (C=O) groups excluding carboxylic acids is 2. The van der Waals surface area contributed by atoms with E-state index in [4.69, 9.17) is 4.42 Å². The second-order valence-corrected chi connectivity index (χ2v) is 3.30. The molecule has 0 bridgehead atoms. The summed E-state index contributed by atoms with van der Waals surface area (Å²) in [6.07, 6.45) is 3.87. The van der Waals surface area contributed by atoms with Gasteiger partial charge in [0, 0.05) is 12.4 Å². The lowest BCUT2D eigenvalue weighted by Crippen LogP contribution is -2.31. The van der Waals surface area contributed by atoms with Crippen LogP contribution >= 0.6 is 0 Å². The Bertz CT molecular complexity index is 565. The fraction of sp³-hybridized carbons (Fsp3) is 0.0909. The van der Waals surface area contributed by atoms with Gasteiger partial charge in [0.05, 0.1) is 18.8 Å². The molecule has 0 unspecified atom stereocenters. The van der Waals surface area contributed by atoms with Gasteiger partial charge in [0.25, 0.3) is 5.91 Å². The minimum Gasteiger partial charge on any atom is -0.543 e. The molecule has 0 aliphatic carbocycles. The number of amides is 1. The Labute approximate surface area is 101 Å². The summed E-state index contributed by atoms with van der Waals surface area (Å²) in [7, 11) is 0. The van der Waals surface area contributed by atoms with Gasteiger partial charge in [-0.25, -0.2) is 4.98 Å². The van der Waals surface area contributed by atoms with Crippen molar-refractivity contribution in [3.63, 3.8) is 0 Å². The Morgan fingerprint density at radius 3 is 2.61 bits per heavy atom. The molecule has 18 heavy (non-hydrogen) atoms. The summed E-state index contributed by atoms with van der Waals surface area (Å²) in [5.74, 6) is -1.66. The van der Waals surface area contributed by atoms with Gasteiger partial charge in [0.2, 0.25) is 0 Å². The molecule has 1 N–H and O–H groups in total. The van der Waals surface area contributed by atoms with Crippen LogP contribution in [-0.2, 0) is 6.54 Å². The zero-order valence-corrected chi connectivity index (χ0v) is 9.12. The van der Waals surface area contributed by atoms with Gasteiger partial charge in [-0.05, 0) is 12.1 Å². The number of nitrogens with one attached hydrogen (secondary N) is 1. The highest BCUT2D eigenvalue weighted by Gasteiger charge is 2.14. The molecule has 0 fully saturated rings. The predicted octanol–water partition coefficient (Wildman–Crippen LogP) is -0.637. The van der Waals surface area contributed by atoms with E-state index in [1.807, 2.05) is 0 Å². The van der Waals surface area contributed by atoms with Crippen molar-refractivity contribution in [2.75, 3.05) is 0 Å². The van der Waals surface area contributed by atoms with Crippen LogP contribution in [-0.4, -0.2) is 21.8 Å². The van der Waals surface area contributed by atoms with E-state index >= 15 is 0 Å². The van der Waals surface area contributed by atoms with E-state index in [2.05, 4.69) is 15.3 Å². The maximum absolute atomic E-state index is 11.7. The first-order valence-electron chi connectivity index (χ1n) is 5.01. The molecule has 2 aromatic rings. The molecule has 2 aromatic heterocycles. The van der Waals surface area contributed by atoms with E-state index in [1.54, 1.807) is 12.1 Å². The fourth-order valence-electron chi connectivity index (χ4n) is 1.32. The van der Waals surface area contributed by atoms with Gasteiger partial charge in [-0.2, -0.15) is 0 Å². The third kappa shape index (κ3) is 2.51. The number of carboxylic acid groups (broad SMARTS) is 1. The van der Waals surface area contributed by atoms with Gasteiger partial charge in [0.1, 0.15) is 11.5 Å². The number of rotatable bonds is 4. The van der Waals surface area contributed by atoms with E-state index in [9.17, 15) is 14.7 Å². The second-order valence-electron chi connectivity index (χ2n) is 3.30. The van der Waals surface area contributed by atoms with E-state index in [0.717, 1.165) is 0 Å². The summed E-state index contributed by atoms with van der Waals surface area (Å²) >= 11 is 0. The summed E-state index contributed by atoms with van der Waals surface area (Å²) in [4.78, 5) is 29.7. The number of hydrogen-bond donors (Lipinski definition) is 1. The van der Waals surface area contributed by atoms with Crippen molar-refractivity contribution in [3.8, 4) is 0 Å². The van der Waals surface area contributed by atoms with Crippen molar-refractivity contribution < 1.29 is 19.1 Å². The van der Waals surface area contributed by atoms with Crippen LogP contribution in [0.1, 0.15) is 26.7 Å². The molecule has 0 atom stereocenters. The molecule has 92 valence electrons. The molecular weight excluding hydrogens is 238 g/mol. The Balaban J connectivity index is 2.11. The summed E-state index contributed by atoms with van der Waals surface area (Å²) in [5, 5.41) is 13.2. The maximum atomic E-state index is 11.7. The Hall–Kier alpha value is -2.70. The van der Waals surface area contributed by atoms with Gasteiger partial charge in [-0.3, -0.25) is 9.78 Å². The van der Waals surface area contributed by atoms with E-state index in [-0.39, 0.29) is 12.2 Å². The van der Waals surface area contributed by atoms with Crippen molar-refractivity contribution in [2.24, 2.45) is 0 Å². The first kappa shape index (κ1) is 11.8. The quantitative estimate of drug-likeness (QED) is 0.768. The molecule has 0 saturated heterocycles. The number of carboxylic acids is 1. The molecule has 7 nitrogen and oxygen atoms in total. The highest BCUT2D eigenvalue weighted by molar-refractivity contribution is 6.01. The largest absolute Gasteiger partial charge is 0.543 e. The topological polar surface area (TPSA) is 108 Å². The molecule has 0 aliphatic heterocycles. The molecule has 1 amide bonds. The highest BCUT2D eigenvalue weighted by Crippen LogP contribution is 2.03. The number of nitrogens with zero attached hydrogens (tertiary/aromatic N) is 2. The maximum Gasteiger partial charge on any atom is 0.272 e. The summed E-state index contributed by atoms with van der Waals surface area (Å²) in [6.45, 7) is 0.134. The smallest absolute Gasteiger partial charge is 0.272 e. The van der Waals surface area contributed by atoms with Crippen LogP contribution < -0.4 is 10.4 Å². The fourth-order valence-corrected chi connectivity index (χ4v) is 1.32. The van der Waals surface area contributed by atoms with Crippen molar-refractivity contribution in [3.05, 3.63) is 47.9 Å². The monoisotopic (exact) mass is 246 g/mol. The van der Waals surface area contributed by atoms with Crippen LogP contribution in [0.25, 0.3) is 0 Å². The average molecular weight is 246 g/mol. The molecule has 0 aromatic carbocycles. The third-order valence-electron chi connectivity index (χ3n) is 2.11. The zero-order chi connectivity index (χ0) is 13.0. The van der Waals surface area contributed by atoms with Crippen LogP contribution in [0.4, 0.5) is 0 Å². The summed E-state index contributed by atoms with van der Waals surface area (Å²) in [5.41, 5.74) is -0.779. The van der Waals surface area contributed by atoms with Crippen molar-refractivity contribution >= 4 is 11.9 Å². The zero-order valence-electron chi connectivity index (χ0n) is 9.12. The lowest BCUT2D eigenvalue weighted by molar-refractivity contribution is -0.255. The standard InChI is InChI=1S/C11H9N3O4/c15-10(14-6-7-2-1-5-18-7)8-9(11(16)17)13-4-3-12-8/h1-5H,6H2,(H,14,15)(H,16,17)/p-1. The first-order valence-corrected chi connectivity index (χ1v) is 5.01. The van der Waals surface area contributed by atoms with Crippen LogP contribution in [0.5, 0.6) is 0 Å². The first-order chi connectivity index (χ1) is 8.68. The number of carbonyl (C=O) groups is 2. The SMILES string of the molecule is O=C([O-])c1nccnc1C(=O)NCc1ccco1. The van der Waals surface area contributed by atoms with E-state index < -0.39 is 17.6 Å². The molecule has 0 saturated carbocycles. The molecule has 0 spiro atoms. The van der Waals surface area contributed by atoms with Crippen molar-refractivity contribution in [2.45, 2.75) is 6.54 Å². The van der Waals surface area contributed by atoms with Gasteiger partial charge < -0.3 is 19.6 Å². The average Bonchev–Trinajstić information content (AvgIpc) is 2.89. The summed E-state index contributed by atoms with van der Waals surface area (Å²) in [6, 6.07) is 3.35. The van der Waals surface area contributed by atoms with Crippen molar-refractivity contribution in [1.82, 2.24) is 15.3 Å². The number of furan rings is 1. The second kappa shape index (κ2) is 5.09. The van der Waals surface area contributed by atoms with Crippen LogP contribution in [0.15, 0.2) is 35.2 Å². The minimum absolute atomic E-state index is 0.134. The van der Waals surface area contributed by atoms with Gasteiger partial charge in [0.15, 0.2) is 5.69 Å². The number of aromatic nitrogens is 2. The third-order valence-corrected chi connectivity index (χ3v) is 2.11. The summed E-state index contributed by atoms with van der Waals surface area (Å²) < 4.78 is 5.02. The molecule has 0 aliphatic rings. The predicted molar refractivity (Wildman–Crippen MR) is 56.2 cm³/mol. The van der Waals surface area contributed by atoms with Crippen LogP contribution in [0.2, 0.25) is 0 Å². The lowest BCUT2D eigenvalue weighted by atomic mass is 10.3.